The topological polar surface area (TPSA) is 94.1 Å². The average molecular weight is 397 g/mol. The van der Waals surface area contributed by atoms with Gasteiger partial charge in [-0.15, -0.1) is 5.10 Å². The summed E-state index contributed by atoms with van der Waals surface area (Å²) in [6.07, 6.45) is -2.82. The summed E-state index contributed by atoms with van der Waals surface area (Å²) in [7, 11) is -3.66. The van der Waals surface area contributed by atoms with Crippen LogP contribution in [-0.2, 0) is 22.3 Å². The summed E-state index contributed by atoms with van der Waals surface area (Å²) in [5.41, 5.74) is 0. The SMILES string of the molecule is O=S(=O)(c1ccc(CSc2nnnn2CC(F)(F)F)o1)N1CCCC1. The molecule has 2 aromatic heterocycles. The summed E-state index contributed by atoms with van der Waals surface area (Å²) in [6.45, 7) is -0.381. The van der Waals surface area contributed by atoms with Crippen LogP contribution in [-0.4, -0.2) is 52.2 Å². The Morgan fingerprint density at radius 1 is 1.24 bits per heavy atom. The number of halogens is 3. The van der Waals surface area contributed by atoms with Gasteiger partial charge in [-0.1, -0.05) is 11.8 Å². The predicted octanol–water partition coefficient (Wildman–Crippen LogP) is 1.91. The van der Waals surface area contributed by atoms with Gasteiger partial charge in [-0.05, 0) is 35.4 Å². The molecule has 0 radical (unpaired) electrons. The maximum Gasteiger partial charge on any atom is 0.408 e. The number of hydrogen-bond donors (Lipinski definition) is 0. The van der Waals surface area contributed by atoms with Crippen molar-refractivity contribution < 1.29 is 26.0 Å². The van der Waals surface area contributed by atoms with Gasteiger partial charge in [-0.25, -0.2) is 13.1 Å². The Labute approximate surface area is 145 Å². The molecule has 0 amide bonds. The van der Waals surface area contributed by atoms with Crippen LogP contribution in [0.25, 0.3) is 0 Å². The zero-order chi connectivity index (χ0) is 18.1. The van der Waals surface area contributed by atoms with Gasteiger partial charge in [-0.3, -0.25) is 0 Å². The minimum absolute atomic E-state index is 0.0299. The normalized spacial score (nSPS) is 16.6. The van der Waals surface area contributed by atoms with E-state index in [0.717, 1.165) is 24.6 Å². The molecule has 13 heteroatoms. The first-order chi connectivity index (χ1) is 11.8. The van der Waals surface area contributed by atoms with Crippen molar-refractivity contribution in [1.82, 2.24) is 24.5 Å². The first kappa shape index (κ1) is 18.2. The molecule has 138 valence electrons. The van der Waals surface area contributed by atoms with Crippen LogP contribution in [0.2, 0.25) is 0 Å². The van der Waals surface area contributed by atoms with Crippen molar-refractivity contribution >= 4 is 21.8 Å². The van der Waals surface area contributed by atoms with E-state index in [9.17, 15) is 21.6 Å². The van der Waals surface area contributed by atoms with Crippen molar-refractivity contribution in [3.63, 3.8) is 0 Å². The van der Waals surface area contributed by atoms with Crippen LogP contribution in [0.1, 0.15) is 18.6 Å². The van der Waals surface area contributed by atoms with Gasteiger partial charge in [0.1, 0.15) is 12.3 Å². The first-order valence-electron chi connectivity index (χ1n) is 7.30. The zero-order valence-corrected chi connectivity index (χ0v) is 14.4. The van der Waals surface area contributed by atoms with Gasteiger partial charge < -0.3 is 4.42 Å². The minimum Gasteiger partial charge on any atom is -0.447 e. The highest BCUT2D eigenvalue weighted by Gasteiger charge is 2.31. The highest BCUT2D eigenvalue weighted by molar-refractivity contribution is 7.98. The van der Waals surface area contributed by atoms with E-state index >= 15 is 0 Å². The lowest BCUT2D eigenvalue weighted by Gasteiger charge is -2.12. The fourth-order valence-corrected chi connectivity index (χ4v) is 4.55. The Morgan fingerprint density at radius 2 is 1.96 bits per heavy atom. The predicted molar refractivity (Wildman–Crippen MR) is 80.1 cm³/mol. The van der Waals surface area contributed by atoms with Gasteiger partial charge in [0.2, 0.25) is 10.2 Å². The fourth-order valence-electron chi connectivity index (χ4n) is 2.33. The second-order valence-corrected chi connectivity index (χ2v) is 8.17. The van der Waals surface area contributed by atoms with Gasteiger partial charge in [0, 0.05) is 13.1 Å². The largest absolute Gasteiger partial charge is 0.447 e. The molecule has 0 aliphatic carbocycles. The molecule has 1 aliphatic rings. The van der Waals surface area contributed by atoms with E-state index < -0.39 is 22.7 Å². The fraction of sp³-hybridized carbons (Fsp3) is 0.583. The monoisotopic (exact) mass is 397 g/mol. The Kier molecular flexibility index (Phi) is 5.06. The van der Waals surface area contributed by atoms with Crippen LogP contribution in [0.4, 0.5) is 13.2 Å². The van der Waals surface area contributed by atoms with Gasteiger partial charge in [0.25, 0.3) is 10.0 Å². The van der Waals surface area contributed by atoms with Crippen molar-refractivity contribution in [2.24, 2.45) is 0 Å². The zero-order valence-electron chi connectivity index (χ0n) is 12.8. The summed E-state index contributed by atoms with van der Waals surface area (Å²) >= 11 is 0.928. The quantitative estimate of drug-likeness (QED) is 0.687. The lowest BCUT2D eigenvalue weighted by molar-refractivity contribution is -0.144. The average Bonchev–Trinajstić information content (AvgIpc) is 3.26. The molecule has 1 saturated heterocycles. The lowest BCUT2D eigenvalue weighted by atomic mass is 10.4. The molecule has 1 aliphatic heterocycles. The van der Waals surface area contributed by atoms with Crippen molar-refractivity contribution in [3.8, 4) is 0 Å². The molecule has 0 saturated carbocycles. The van der Waals surface area contributed by atoms with E-state index in [2.05, 4.69) is 15.5 Å². The second-order valence-electron chi connectivity index (χ2n) is 5.35. The number of sulfonamides is 1. The molecule has 1 fully saturated rings. The van der Waals surface area contributed by atoms with E-state index in [4.69, 9.17) is 4.42 Å². The van der Waals surface area contributed by atoms with Crippen LogP contribution in [0.3, 0.4) is 0 Å². The second kappa shape index (κ2) is 6.96. The van der Waals surface area contributed by atoms with Gasteiger partial charge in [0.05, 0.1) is 5.75 Å². The molecule has 3 rings (SSSR count). The lowest BCUT2D eigenvalue weighted by Crippen LogP contribution is -2.27. The molecular weight excluding hydrogens is 383 g/mol. The number of aromatic nitrogens is 4. The maximum absolute atomic E-state index is 12.4. The molecular formula is C12H14F3N5O3S2. The van der Waals surface area contributed by atoms with E-state index in [1.807, 2.05) is 0 Å². The van der Waals surface area contributed by atoms with E-state index in [-0.39, 0.29) is 16.0 Å². The van der Waals surface area contributed by atoms with E-state index in [1.54, 1.807) is 0 Å². The molecule has 0 spiro atoms. The van der Waals surface area contributed by atoms with Crippen LogP contribution in [0.15, 0.2) is 26.8 Å². The van der Waals surface area contributed by atoms with E-state index in [0.29, 0.717) is 23.5 Å². The number of rotatable bonds is 6. The van der Waals surface area contributed by atoms with Crippen LogP contribution in [0.5, 0.6) is 0 Å². The number of thioether (sulfide) groups is 1. The Morgan fingerprint density at radius 3 is 2.64 bits per heavy atom. The highest BCUT2D eigenvalue weighted by Crippen LogP contribution is 2.27. The first-order valence-corrected chi connectivity index (χ1v) is 9.73. The van der Waals surface area contributed by atoms with Crippen molar-refractivity contribution in [2.75, 3.05) is 13.1 Å². The number of nitrogens with zero attached hydrogens (tertiary/aromatic N) is 5. The third-order valence-corrected chi connectivity index (χ3v) is 6.22. The number of tetrazole rings is 1. The minimum atomic E-state index is -4.44. The summed E-state index contributed by atoms with van der Waals surface area (Å²) in [4.78, 5) is 0. The van der Waals surface area contributed by atoms with Gasteiger partial charge >= 0.3 is 6.18 Å². The van der Waals surface area contributed by atoms with Crippen LogP contribution < -0.4 is 0 Å². The van der Waals surface area contributed by atoms with Crippen molar-refractivity contribution in [2.45, 2.75) is 41.6 Å². The summed E-state index contributed by atoms with van der Waals surface area (Å²) in [5.74, 6) is 0.414. The molecule has 3 heterocycles. The molecule has 0 aromatic carbocycles. The Hall–Kier alpha value is -1.60. The number of hydrogen-bond acceptors (Lipinski definition) is 7. The van der Waals surface area contributed by atoms with Crippen LogP contribution >= 0.6 is 11.8 Å². The third kappa shape index (κ3) is 4.33. The molecule has 8 nitrogen and oxygen atoms in total. The van der Waals surface area contributed by atoms with Crippen molar-refractivity contribution in [1.29, 1.82) is 0 Å². The van der Waals surface area contributed by atoms with Crippen molar-refractivity contribution in [3.05, 3.63) is 17.9 Å². The summed E-state index contributed by atoms with van der Waals surface area (Å²) < 4.78 is 69.3. The molecule has 2 aromatic rings. The highest BCUT2D eigenvalue weighted by atomic mass is 32.2. The number of alkyl halides is 3. The molecule has 0 unspecified atom stereocenters. The molecule has 0 N–H and O–H groups in total. The summed E-state index contributed by atoms with van der Waals surface area (Å²) in [6, 6.07) is 2.83. The van der Waals surface area contributed by atoms with Crippen LogP contribution in [0, 0.1) is 0 Å². The molecule has 25 heavy (non-hydrogen) atoms. The number of furan rings is 1. The Bertz CT molecular complexity index is 827. The Balaban J connectivity index is 1.66. The summed E-state index contributed by atoms with van der Waals surface area (Å²) in [5, 5.41) is 9.85. The van der Waals surface area contributed by atoms with E-state index in [1.165, 1.54) is 16.4 Å². The standard InChI is InChI=1S/C12H14F3N5O3S2/c13-12(14,15)8-20-11(16-17-18-20)24-7-9-3-4-10(23-9)25(21,22)19-5-1-2-6-19/h3-4H,1-2,5-8H2. The van der Waals surface area contributed by atoms with Gasteiger partial charge in [-0.2, -0.15) is 17.5 Å². The van der Waals surface area contributed by atoms with Gasteiger partial charge in [0.15, 0.2) is 0 Å². The molecule has 0 atom stereocenters. The molecule has 0 bridgehead atoms. The third-order valence-electron chi connectivity index (χ3n) is 3.47. The maximum atomic E-state index is 12.4. The smallest absolute Gasteiger partial charge is 0.408 e.